The monoisotopic (exact) mass is 322 g/mol. The fourth-order valence-electron chi connectivity index (χ4n) is 1.12. The first-order valence-corrected chi connectivity index (χ1v) is 8.44. The lowest BCUT2D eigenvalue weighted by Gasteiger charge is -2.18. The summed E-state index contributed by atoms with van der Waals surface area (Å²) in [5.41, 5.74) is 0.290. The number of hydrogen-bond donors (Lipinski definition) is 2. The van der Waals surface area contributed by atoms with Crippen LogP contribution < -0.4 is 9.44 Å². The van der Waals surface area contributed by atoms with Crippen molar-refractivity contribution in [2.45, 2.75) is 0 Å². The second-order valence-electron chi connectivity index (χ2n) is 4.32. The fraction of sp³-hybridized carbons (Fsp3) is 0.400. The van der Waals surface area contributed by atoms with Gasteiger partial charge < -0.3 is 0 Å². The molecule has 0 heterocycles. The zero-order valence-electron chi connectivity index (χ0n) is 11.7. The number of para-hydroxylation sites is 2. The molecular weight excluding hydrogens is 304 g/mol. The highest BCUT2D eigenvalue weighted by atomic mass is 32.2. The highest BCUT2D eigenvalue weighted by molar-refractivity contribution is 7.90. The number of benzene rings is 1. The maximum atomic E-state index is 11.8. The molecule has 114 valence electrons. The number of rotatable bonds is 6. The van der Waals surface area contributed by atoms with Gasteiger partial charge >= 0.3 is 20.4 Å². The lowest BCUT2D eigenvalue weighted by molar-refractivity contribution is 0.525. The quantitative estimate of drug-likeness (QED) is 0.777. The van der Waals surface area contributed by atoms with Crippen molar-refractivity contribution in [1.29, 1.82) is 0 Å². The molecule has 0 spiro atoms. The molecule has 0 radical (unpaired) electrons. The minimum absolute atomic E-state index is 0.145. The van der Waals surface area contributed by atoms with Crippen LogP contribution in [0.3, 0.4) is 0 Å². The summed E-state index contributed by atoms with van der Waals surface area (Å²) in [7, 11) is -1.95. The highest BCUT2D eigenvalue weighted by Gasteiger charge is 2.18. The molecule has 20 heavy (non-hydrogen) atoms. The Balaban J connectivity index is 3.13. The van der Waals surface area contributed by atoms with E-state index in [-0.39, 0.29) is 11.4 Å². The van der Waals surface area contributed by atoms with Crippen molar-refractivity contribution in [1.82, 2.24) is 8.61 Å². The predicted octanol–water partition coefficient (Wildman–Crippen LogP) is 0.123. The SMILES string of the molecule is CN(C)S(=O)(=O)Nc1ccccc1NS(=O)(=O)N(C)C. The Hall–Kier alpha value is -1.36. The van der Waals surface area contributed by atoms with Gasteiger partial charge in [-0.3, -0.25) is 9.44 Å². The summed E-state index contributed by atoms with van der Waals surface area (Å²) in [6.45, 7) is 0. The first-order valence-electron chi connectivity index (χ1n) is 5.56. The zero-order valence-corrected chi connectivity index (χ0v) is 13.3. The van der Waals surface area contributed by atoms with Gasteiger partial charge in [0.2, 0.25) is 0 Å². The molecule has 0 aliphatic carbocycles. The van der Waals surface area contributed by atoms with Crippen LogP contribution in [0.25, 0.3) is 0 Å². The number of hydrogen-bond acceptors (Lipinski definition) is 4. The van der Waals surface area contributed by atoms with E-state index in [1.54, 1.807) is 12.1 Å². The third kappa shape index (κ3) is 4.07. The minimum atomic E-state index is -3.71. The molecule has 8 nitrogen and oxygen atoms in total. The van der Waals surface area contributed by atoms with Gasteiger partial charge in [0, 0.05) is 28.2 Å². The van der Waals surface area contributed by atoms with Crippen LogP contribution in [0, 0.1) is 0 Å². The summed E-state index contributed by atoms with van der Waals surface area (Å²) in [5.74, 6) is 0. The van der Waals surface area contributed by atoms with E-state index in [0.29, 0.717) is 0 Å². The maximum absolute atomic E-state index is 11.8. The Labute approximate surface area is 119 Å². The van der Waals surface area contributed by atoms with E-state index in [0.717, 1.165) is 8.61 Å². The first-order chi connectivity index (χ1) is 9.06. The molecule has 0 aromatic heterocycles. The Morgan fingerprint density at radius 1 is 0.750 bits per heavy atom. The predicted molar refractivity (Wildman–Crippen MR) is 78.9 cm³/mol. The Morgan fingerprint density at radius 2 is 1.05 bits per heavy atom. The van der Waals surface area contributed by atoms with Gasteiger partial charge in [-0.1, -0.05) is 12.1 Å². The zero-order chi connectivity index (χ0) is 15.6. The smallest absolute Gasteiger partial charge is 0.269 e. The van der Waals surface area contributed by atoms with Crippen molar-refractivity contribution in [3.05, 3.63) is 24.3 Å². The third-order valence-electron chi connectivity index (χ3n) is 2.37. The highest BCUT2D eigenvalue weighted by Crippen LogP contribution is 2.24. The molecule has 1 aromatic rings. The lowest BCUT2D eigenvalue weighted by atomic mass is 10.3. The van der Waals surface area contributed by atoms with Crippen molar-refractivity contribution in [2.24, 2.45) is 0 Å². The van der Waals surface area contributed by atoms with E-state index in [2.05, 4.69) is 9.44 Å². The number of anilines is 2. The molecule has 10 heteroatoms. The molecule has 1 rings (SSSR count). The molecule has 2 N–H and O–H groups in total. The normalized spacial score (nSPS) is 12.7. The van der Waals surface area contributed by atoms with Crippen LogP contribution in [-0.2, 0) is 20.4 Å². The second kappa shape index (κ2) is 5.95. The van der Waals surface area contributed by atoms with E-state index in [9.17, 15) is 16.8 Å². The molecule has 0 fully saturated rings. The van der Waals surface area contributed by atoms with Crippen molar-refractivity contribution in [3.63, 3.8) is 0 Å². The summed E-state index contributed by atoms with van der Waals surface area (Å²) < 4.78 is 53.7. The van der Waals surface area contributed by atoms with Crippen molar-refractivity contribution in [2.75, 3.05) is 37.6 Å². The molecule has 1 aromatic carbocycles. The van der Waals surface area contributed by atoms with E-state index in [1.165, 1.54) is 40.3 Å². The van der Waals surface area contributed by atoms with E-state index in [4.69, 9.17) is 0 Å². The van der Waals surface area contributed by atoms with E-state index < -0.39 is 20.4 Å². The van der Waals surface area contributed by atoms with Gasteiger partial charge in [-0.25, -0.2) is 0 Å². The van der Waals surface area contributed by atoms with E-state index >= 15 is 0 Å². The fourth-order valence-corrected chi connectivity index (χ4v) is 2.40. The summed E-state index contributed by atoms with van der Waals surface area (Å²) >= 11 is 0. The standard InChI is InChI=1S/C10H18N4O4S2/c1-13(2)19(15,16)11-9-7-5-6-8-10(9)12-20(17,18)14(3)4/h5-8,11-12H,1-4H3. The van der Waals surface area contributed by atoms with Crippen LogP contribution in [0.4, 0.5) is 11.4 Å². The van der Waals surface area contributed by atoms with Crippen LogP contribution in [-0.4, -0.2) is 53.6 Å². The summed E-state index contributed by atoms with van der Waals surface area (Å²) in [6.07, 6.45) is 0. The van der Waals surface area contributed by atoms with Gasteiger partial charge in [-0.15, -0.1) is 0 Å². The van der Waals surface area contributed by atoms with Crippen molar-refractivity contribution in [3.8, 4) is 0 Å². The van der Waals surface area contributed by atoms with E-state index in [1.807, 2.05) is 0 Å². The molecule has 0 atom stereocenters. The van der Waals surface area contributed by atoms with Gasteiger partial charge in [0.25, 0.3) is 0 Å². The van der Waals surface area contributed by atoms with Crippen molar-refractivity contribution >= 4 is 31.8 Å². The minimum Gasteiger partial charge on any atom is -0.269 e. The topological polar surface area (TPSA) is 98.8 Å². The number of nitrogens with zero attached hydrogens (tertiary/aromatic N) is 2. The van der Waals surface area contributed by atoms with Gasteiger partial charge in [-0.2, -0.15) is 25.4 Å². The van der Waals surface area contributed by atoms with Crippen molar-refractivity contribution < 1.29 is 16.8 Å². The average Bonchev–Trinajstić information content (AvgIpc) is 2.30. The lowest BCUT2D eigenvalue weighted by Crippen LogP contribution is -2.31. The van der Waals surface area contributed by atoms with Gasteiger partial charge in [0.15, 0.2) is 0 Å². The molecule has 0 unspecified atom stereocenters. The Morgan fingerprint density at radius 3 is 1.30 bits per heavy atom. The summed E-state index contributed by atoms with van der Waals surface area (Å²) in [4.78, 5) is 0. The Bertz CT molecular complexity index is 609. The molecule has 0 saturated heterocycles. The molecule has 0 aliphatic rings. The van der Waals surface area contributed by atoms with Gasteiger partial charge in [-0.05, 0) is 12.1 Å². The molecule has 0 saturated carbocycles. The largest absolute Gasteiger partial charge is 0.301 e. The molecule has 0 amide bonds. The van der Waals surface area contributed by atoms with Gasteiger partial charge in [0.1, 0.15) is 0 Å². The average molecular weight is 322 g/mol. The van der Waals surface area contributed by atoms with Crippen LogP contribution in [0.2, 0.25) is 0 Å². The van der Waals surface area contributed by atoms with Crippen LogP contribution >= 0.6 is 0 Å². The van der Waals surface area contributed by atoms with Crippen LogP contribution in [0.1, 0.15) is 0 Å². The molecule has 0 bridgehead atoms. The van der Waals surface area contributed by atoms with Gasteiger partial charge in [0.05, 0.1) is 11.4 Å². The molecule has 0 aliphatic heterocycles. The number of nitrogens with one attached hydrogen (secondary N) is 2. The molecular formula is C10H18N4O4S2. The summed E-state index contributed by atoms with van der Waals surface area (Å²) in [6, 6.07) is 6.13. The summed E-state index contributed by atoms with van der Waals surface area (Å²) in [5, 5.41) is 0. The van der Waals surface area contributed by atoms with Crippen LogP contribution in [0.5, 0.6) is 0 Å². The first kappa shape index (κ1) is 16.7. The third-order valence-corrected chi connectivity index (χ3v) is 5.24. The second-order valence-corrected chi connectivity index (χ2v) is 8.09. The Kier molecular flexibility index (Phi) is 4.97. The maximum Gasteiger partial charge on any atom is 0.301 e. The van der Waals surface area contributed by atoms with Crippen LogP contribution in [0.15, 0.2) is 24.3 Å².